The van der Waals surface area contributed by atoms with Crippen LogP contribution in [-0.2, 0) is 6.54 Å². The van der Waals surface area contributed by atoms with Gasteiger partial charge in [0.25, 0.3) is 5.91 Å². The number of halogens is 1. The molecule has 2 aromatic rings. The lowest BCUT2D eigenvalue weighted by molar-refractivity contribution is 0.0951. The monoisotopic (exact) mass is 281 g/mol. The zero-order chi connectivity index (χ0) is 13.0. The van der Waals surface area contributed by atoms with E-state index in [1.165, 1.54) is 6.20 Å². The zero-order valence-corrected chi connectivity index (χ0v) is 11.3. The summed E-state index contributed by atoms with van der Waals surface area (Å²) in [4.78, 5) is 16.0. The number of amides is 1. The van der Waals surface area contributed by atoms with E-state index < -0.39 is 0 Å². The fourth-order valence-electron chi connectivity index (χ4n) is 1.42. The fraction of sp³-hybridized carbons (Fsp3) is 0.167. The van der Waals surface area contributed by atoms with Crippen LogP contribution in [0.15, 0.2) is 29.1 Å². The predicted molar refractivity (Wildman–Crippen MR) is 74.3 cm³/mol. The summed E-state index contributed by atoms with van der Waals surface area (Å²) in [5, 5.41) is 10.0. The third-order valence-electron chi connectivity index (χ3n) is 2.39. The zero-order valence-electron chi connectivity index (χ0n) is 9.74. The maximum Gasteiger partial charge on any atom is 0.253 e. The van der Waals surface area contributed by atoms with E-state index in [4.69, 9.17) is 11.6 Å². The number of carbonyl (C=O) groups excluding carboxylic acids is 1. The third kappa shape index (κ3) is 3.00. The molecule has 0 saturated carbocycles. The summed E-state index contributed by atoms with van der Waals surface area (Å²) in [6, 6.07) is 3.60. The van der Waals surface area contributed by atoms with Gasteiger partial charge in [-0.1, -0.05) is 11.6 Å². The summed E-state index contributed by atoms with van der Waals surface area (Å²) in [6.45, 7) is 0.496. The minimum Gasteiger partial charge on any atom is -0.373 e. The van der Waals surface area contributed by atoms with Gasteiger partial charge in [-0.15, -0.1) is 0 Å². The number of carbonyl (C=O) groups is 1. The second-order valence-corrected chi connectivity index (χ2v) is 4.80. The molecule has 94 valence electrons. The second kappa shape index (κ2) is 5.84. The fourth-order valence-corrected chi connectivity index (χ4v) is 2.28. The Morgan fingerprint density at radius 1 is 1.56 bits per heavy atom. The Labute approximate surface area is 114 Å². The van der Waals surface area contributed by atoms with Gasteiger partial charge >= 0.3 is 0 Å². The van der Waals surface area contributed by atoms with Gasteiger partial charge in [-0.3, -0.25) is 4.79 Å². The molecule has 0 aliphatic carbocycles. The first-order valence-corrected chi connectivity index (χ1v) is 6.65. The van der Waals surface area contributed by atoms with E-state index in [-0.39, 0.29) is 5.91 Å². The molecule has 2 N–H and O–H groups in total. The largest absolute Gasteiger partial charge is 0.373 e. The standard InChI is InChI=1S/C12H12ClN3OS/c1-14-11-4-9(10(13)6-15-11)12(17)16-5-8-2-3-18-7-8/h2-4,6-7H,5H2,1H3,(H,14,15)(H,16,17). The molecule has 2 heterocycles. The van der Waals surface area contributed by atoms with Gasteiger partial charge in [-0.05, 0) is 28.5 Å². The number of thiophene rings is 1. The quantitative estimate of drug-likeness (QED) is 0.906. The van der Waals surface area contributed by atoms with Crippen LogP contribution in [0.3, 0.4) is 0 Å². The van der Waals surface area contributed by atoms with Crippen molar-refractivity contribution >= 4 is 34.7 Å². The van der Waals surface area contributed by atoms with Crippen LogP contribution in [-0.4, -0.2) is 17.9 Å². The minimum atomic E-state index is -0.204. The highest BCUT2D eigenvalue weighted by molar-refractivity contribution is 7.07. The molecule has 18 heavy (non-hydrogen) atoms. The van der Waals surface area contributed by atoms with E-state index in [2.05, 4.69) is 15.6 Å². The molecule has 0 unspecified atom stereocenters. The van der Waals surface area contributed by atoms with Gasteiger partial charge < -0.3 is 10.6 Å². The Kier molecular flexibility index (Phi) is 4.17. The van der Waals surface area contributed by atoms with Crippen molar-refractivity contribution in [2.24, 2.45) is 0 Å². The second-order valence-electron chi connectivity index (χ2n) is 3.61. The highest BCUT2D eigenvalue weighted by atomic mass is 35.5. The van der Waals surface area contributed by atoms with Crippen molar-refractivity contribution in [1.29, 1.82) is 0 Å². The van der Waals surface area contributed by atoms with Crippen molar-refractivity contribution in [2.45, 2.75) is 6.54 Å². The first kappa shape index (κ1) is 12.9. The minimum absolute atomic E-state index is 0.204. The molecule has 0 radical (unpaired) electrons. The molecule has 1 amide bonds. The van der Waals surface area contributed by atoms with Gasteiger partial charge in [0.2, 0.25) is 0 Å². The van der Waals surface area contributed by atoms with Gasteiger partial charge in [0.1, 0.15) is 5.82 Å². The van der Waals surface area contributed by atoms with Crippen LogP contribution in [0.1, 0.15) is 15.9 Å². The number of hydrogen-bond acceptors (Lipinski definition) is 4. The topological polar surface area (TPSA) is 54.0 Å². The Morgan fingerprint density at radius 3 is 3.06 bits per heavy atom. The number of anilines is 1. The Balaban J connectivity index is 2.08. The van der Waals surface area contributed by atoms with Gasteiger partial charge in [0.15, 0.2) is 0 Å². The summed E-state index contributed by atoms with van der Waals surface area (Å²) in [7, 11) is 1.74. The number of rotatable bonds is 4. The van der Waals surface area contributed by atoms with Gasteiger partial charge in [-0.2, -0.15) is 11.3 Å². The molecule has 0 fully saturated rings. The molecule has 2 aromatic heterocycles. The first-order chi connectivity index (χ1) is 8.70. The van der Waals surface area contributed by atoms with Crippen molar-refractivity contribution in [1.82, 2.24) is 10.3 Å². The first-order valence-electron chi connectivity index (χ1n) is 5.33. The van der Waals surface area contributed by atoms with Gasteiger partial charge in [0, 0.05) is 19.8 Å². The predicted octanol–water partition coefficient (Wildman–Crippen LogP) is 2.77. The molecular formula is C12H12ClN3OS. The SMILES string of the molecule is CNc1cc(C(=O)NCc2ccsc2)c(Cl)cn1. The smallest absolute Gasteiger partial charge is 0.253 e. The molecule has 0 bridgehead atoms. The van der Waals surface area contributed by atoms with Crippen LogP contribution < -0.4 is 10.6 Å². The molecule has 6 heteroatoms. The summed E-state index contributed by atoms with van der Waals surface area (Å²) in [5.41, 5.74) is 1.50. The maximum absolute atomic E-state index is 12.0. The van der Waals surface area contributed by atoms with E-state index >= 15 is 0 Å². The molecule has 2 rings (SSSR count). The van der Waals surface area contributed by atoms with Crippen LogP contribution in [0.2, 0.25) is 5.02 Å². The molecule has 0 spiro atoms. The van der Waals surface area contributed by atoms with Gasteiger partial charge in [0.05, 0.1) is 10.6 Å². The van der Waals surface area contributed by atoms with Crippen LogP contribution in [0.25, 0.3) is 0 Å². The lowest BCUT2D eigenvalue weighted by atomic mass is 10.2. The van der Waals surface area contributed by atoms with E-state index in [0.29, 0.717) is 22.9 Å². The van der Waals surface area contributed by atoms with E-state index in [9.17, 15) is 4.79 Å². The van der Waals surface area contributed by atoms with Crippen molar-refractivity contribution < 1.29 is 4.79 Å². The molecular weight excluding hydrogens is 270 g/mol. The molecule has 0 aromatic carbocycles. The number of nitrogens with zero attached hydrogens (tertiary/aromatic N) is 1. The van der Waals surface area contributed by atoms with E-state index in [1.54, 1.807) is 24.5 Å². The number of aromatic nitrogens is 1. The lowest BCUT2D eigenvalue weighted by Gasteiger charge is -2.07. The summed E-state index contributed by atoms with van der Waals surface area (Å²) in [5.74, 6) is 0.408. The van der Waals surface area contributed by atoms with Crippen LogP contribution in [0.5, 0.6) is 0 Å². The lowest BCUT2D eigenvalue weighted by Crippen LogP contribution is -2.23. The molecule has 0 aliphatic heterocycles. The Morgan fingerprint density at radius 2 is 2.39 bits per heavy atom. The number of pyridine rings is 1. The average Bonchev–Trinajstić information content (AvgIpc) is 2.89. The van der Waals surface area contributed by atoms with Gasteiger partial charge in [-0.25, -0.2) is 4.98 Å². The molecule has 4 nitrogen and oxygen atoms in total. The van der Waals surface area contributed by atoms with Crippen molar-refractivity contribution in [3.63, 3.8) is 0 Å². The molecule has 0 aliphatic rings. The van der Waals surface area contributed by atoms with Crippen LogP contribution in [0, 0.1) is 0 Å². The van der Waals surface area contributed by atoms with Crippen molar-refractivity contribution in [2.75, 3.05) is 12.4 Å². The third-order valence-corrected chi connectivity index (χ3v) is 3.42. The summed E-state index contributed by atoms with van der Waals surface area (Å²) >= 11 is 7.56. The van der Waals surface area contributed by atoms with E-state index in [0.717, 1.165) is 5.56 Å². The van der Waals surface area contributed by atoms with Crippen LogP contribution in [0.4, 0.5) is 5.82 Å². The number of nitrogens with one attached hydrogen (secondary N) is 2. The Bertz CT molecular complexity index is 542. The summed E-state index contributed by atoms with van der Waals surface area (Å²) in [6.07, 6.45) is 1.47. The molecule has 0 saturated heterocycles. The molecule has 0 atom stereocenters. The summed E-state index contributed by atoms with van der Waals surface area (Å²) < 4.78 is 0. The Hall–Kier alpha value is -1.59. The number of hydrogen-bond donors (Lipinski definition) is 2. The van der Waals surface area contributed by atoms with Crippen molar-refractivity contribution in [3.8, 4) is 0 Å². The highest BCUT2D eigenvalue weighted by Crippen LogP contribution is 2.17. The average molecular weight is 282 g/mol. The van der Waals surface area contributed by atoms with Crippen molar-refractivity contribution in [3.05, 3.63) is 45.2 Å². The van der Waals surface area contributed by atoms with E-state index in [1.807, 2.05) is 16.8 Å². The highest BCUT2D eigenvalue weighted by Gasteiger charge is 2.11. The maximum atomic E-state index is 12.0. The normalized spacial score (nSPS) is 10.1. The van der Waals surface area contributed by atoms with Crippen LogP contribution >= 0.6 is 22.9 Å².